The Balaban J connectivity index is 0.00000420. The highest BCUT2D eigenvalue weighted by Gasteiger charge is 2.13. The smallest absolute Gasteiger partial charge is 0.190 e. The number of rotatable bonds is 9. The van der Waals surface area contributed by atoms with Crippen LogP contribution >= 0.6 is 24.0 Å². The van der Waals surface area contributed by atoms with Crippen LogP contribution < -0.4 is 24.8 Å². The van der Waals surface area contributed by atoms with Crippen molar-refractivity contribution in [3.05, 3.63) is 53.3 Å². The number of nitrogens with zero attached hydrogens (tertiary/aromatic N) is 1. The van der Waals surface area contributed by atoms with E-state index in [9.17, 15) is 4.39 Å². The Hall–Kier alpha value is -2.23. The summed E-state index contributed by atoms with van der Waals surface area (Å²) in [6, 6.07) is 10.3. The topological polar surface area (TPSA) is 64.1 Å². The van der Waals surface area contributed by atoms with Crippen molar-refractivity contribution in [1.82, 2.24) is 10.6 Å². The predicted molar refractivity (Wildman–Crippen MR) is 125 cm³/mol. The molecule has 2 aromatic carbocycles. The molecular weight excluding hydrogens is 488 g/mol. The number of benzene rings is 2. The van der Waals surface area contributed by atoms with Crippen molar-refractivity contribution < 1.29 is 18.6 Å². The lowest BCUT2D eigenvalue weighted by atomic mass is 10.1. The van der Waals surface area contributed by atoms with E-state index in [4.69, 9.17) is 14.2 Å². The third-order valence-electron chi connectivity index (χ3n) is 4.30. The van der Waals surface area contributed by atoms with Crippen LogP contribution in [0.15, 0.2) is 41.4 Å². The molecule has 0 aliphatic carbocycles. The summed E-state index contributed by atoms with van der Waals surface area (Å²) in [6.07, 6.45) is 1.39. The summed E-state index contributed by atoms with van der Waals surface area (Å²) < 4.78 is 29.5. The van der Waals surface area contributed by atoms with E-state index < -0.39 is 0 Å². The summed E-state index contributed by atoms with van der Waals surface area (Å²) in [6.45, 7) is 1.29. The van der Waals surface area contributed by atoms with E-state index in [1.54, 1.807) is 40.5 Å². The summed E-state index contributed by atoms with van der Waals surface area (Å²) in [5, 5.41) is 6.50. The van der Waals surface area contributed by atoms with Gasteiger partial charge in [0, 0.05) is 37.8 Å². The van der Waals surface area contributed by atoms with Crippen molar-refractivity contribution in [2.45, 2.75) is 12.8 Å². The van der Waals surface area contributed by atoms with Crippen LogP contribution in [0.25, 0.3) is 0 Å². The summed E-state index contributed by atoms with van der Waals surface area (Å²) in [5.74, 6) is 2.57. The Morgan fingerprint density at radius 2 is 1.55 bits per heavy atom. The SMILES string of the molecule is CN=C(NCCc1cccc(F)c1)NCCc1c(OC)cc(OC)cc1OC.I. The first-order valence-corrected chi connectivity index (χ1v) is 9.09. The molecule has 0 heterocycles. The fourth-order valence-electron chi connectivity index (χ4n) is 2.87. The van der Waals surface area contributed by atoms with Crippen LogP contribution in [0.4, 0.5) is 4.39 Å². The van der Waals surface area contributed by atoms with Gasteiger partial charge in [0.1, 0.15) is 23.1 Å². The quantitative estimate of drug-likeness (QED) is 0.303. The molecule has 0 atom stereocenters. The second-order valence-electron chi connectivity index (χ2n) is 6.07. The molecule has 0 spiro atoms. The molecule has 0 saturated carbocycles. The Bertz CT molecular complexity index is 777. The zero-order valence-electron chi connectivity index (χ0n) is 17.3. The van der Waals surface area contributed by atoms with Crippen LogP contribution in [-0.2, 0) is 12.8 Å². The number of methoxy groups -OCH3 is 3. The molecule has 0 unspecified atom stereocenters. The van der Waals surface area contributed by atoms with Gasteiger partial charge in [0.15, 0.2) is 5.96 Å². The molecule has 0 fully saturated rings. The van der Waals surface area contributed by atoms with Gasteiger partial charge in [-0.1, -0.05) is 12.1 Å². The summed E-state index contributed by atoms with van der Waals surface area (Å²) in [5.41, 5.74) is 1.89. The molecule has 0 radical (unpaired) electrons. The first-order valence-electron chi connectivity index (χ1n) is 9.09. The lowest BCUT2D eigenvalue weighted by Crippen LogP contribution is -2.39. The van der Waals surface area contributed by atoms with Crippen LogP contribution in [0.2, 0.25) is 0 Å². The van der Waals surface area contributed by atoms with Gasteiger partial charge in [-0.2, -0.15) is 0 Å². The number of hydrogen-bond donors (Lipinski definition) is 2. The second-order valence-corrected chi connectivity index (χ2v) is 6.07. The van der Waals surface area contributed by atoms with Gasteiger partial charge < -0.3 is 24.8 Å². The molecule has 2 aromatic rings. The van der Waals surface area contributed by atoms with Gasteiger partial charge >= 0.3 is 0 Å². The fourth-order valence-corrected chi connectivity index (χ4v) is 2.87. The van der Waals surface area contributed by atoms with Gasteiger partial charge in [-0.15, -0.1) is 24.0 Å². The van der Waals surface area contributed by atoms with Gasteiger partial charge in [0.2, 0.25) is 0 Å². The van der Waals surface area contributed by atoms with E-state index in [1.165, 1.54) is 6.07 Å². The normalized spacial score (nSPS) is 10.7. The lowest BCUT2D eigenvalue weighted by molar-refractivity contribution is 0.368. The van der Waals surface area contributed by atoms with Crippen molar-refractivity contribution in [3.8, 4) is 17.2 Å². The van der Waals surface area contributed by atoms with E-state index in [-0.39, 0.29) is 29.8 Å². The molecule has 0 amide bonds. The van der Waals surface area contributed by atoms with Crippen molar-refractivity contribution >= 4 is 29.9 Å². The summed E-state index contributed by atoms with van der Waals surface area (Å²) in [7, 11) is 6.57. The first kappa shape index (κ1) is 24.8. The molecule has 8 heteroatoms. The maximum Gasteiger partial charge on any atom is 0.190 e. The standard InChI is InChI=1S/C21H28FN3O3.HI/c1-23-21(24-10-8-15-6-5-7-16(22)12-15)25-11-9-18-19(27-3)13-17(26-2)14-20(18)28-4;/h5-7,12-14H,8-11H2,1-4H3,(H2,23,24,25);1H. The zero-order valence-corrected chi connectivity index (χ0v) is 19.6. The maximum atomic E-state index is 13.2. The van der Waals surface area contributed by atoms with Crippen molar-refractivity contribution in [2.75, 3.05) is 41.5 Å². The Labute approximate surface area is 188 Å². The van der Waals surface area contributed by atoms with E-state index in [0.29, 0.717) is 49.1 Å². The van der Waals surface area contributed by atoms with Gasteiger partial charge in [0.25, 0.3) is 0 Å². The number of guanidine groups is 1. The molecular formula is C21H29FIN3O3. The fraction of sp³-hybridized carbons (Fsp3) is 0.381. The van der Waals surface area contributed by atoms with Crippen LogP contribution in [-0.4, -0.2) is 47.4 Å². The van der Waals surface area contributed by atoms with Crippen molar-refractivity contribution in [3.63, 3.8) is 0 Å². The highest BCUT2D eigenvalue weighted by molar-refractivity contribution is 14.0. The van der Waals surface area contributed by atoms with E-state index >= 15 is 0 Å². The van der Waals surface area contributed by atoms with E-state index in [0.717, 1.165) is 11.1 Å². The Kier molecular flexibility index (Phi) is 11.2. The van der Waals surface area contributed by atoms with E-state index in [2.05, 4.69) is 15.6 Å². The minimum atomic E-state index is -0.220. The number of hydrogen-bond acceptors (Lipinski definition) is 4. The Morgan fingerprint density at radius 3 is 2.07 bits per heavy atom. The average molecular weight is 517 g/mol. The van der Waals surface area contributed by atoms with Gasteiger partial charge in [-0.05, 0) is 30.5 Å². The van der Waals surface area contributed by atoms with Gasteiger partial charge in [-0.25, -0.2) is 4.39 Å². The molecule has 160 valence electrons. The van der Waals surface area contributed by atoms with Gasteiger partial charge in [-0.3, -0.25) is 4.99 Å². The summed E-state index contributed by atoms with van der Waals surface area (Å²) >= 11 is 0. The molecule has 0 bridgehead atoms. The third-order valence-corrected chi connectivity index (χ3v) is 4.30. The van der Waals surface area contributed by atoms with Crippen LogP contribution in [0, 0.1) is 5.82 Å². The number of ether oxygens (including phenoxy) is 3. The molecule has 0 aliphatic rings. The minimum Gasteiger partial charge on any atom is -0.496 e. The summed E-state index contributed by atoms with van der Waals surface area (Å²) in [4.78, 5) is 4.22. The molecule has 0 saturated heterocycles. The van der Waals surface area contributed by atoms with E-state index in [1.807, 2.05) is 18.2 Å². The minimum absolute atomic E-state index is 0. The molecule has 2 rings (SSSR count). The maximum absolute atomic E-state index is 13.2. The largest absolute Gasteiger partial charge is 0.496 e. The van der Waals surface area contributed by atoms with Gasteiger partial charge in [0.05, 0.1) is 21.3 Å². The highest BCUT2D eigenvalue weighted by atomic mass is 127. The Morgan fingerprint density at radius 1 is 0.931 bits per heavy atom. The molecule has 0 aliphatic heterocycles. The van der Waals surface area contributed by atoms with Crippen LogP contribution in [0.5, 0.6) is 17.2 Å². The molecule has 2 N–H and O–H groups in total. The molecule has 29 heavy (non-hydrogen) atoms. The second kappa shape index (κ2) is 13.1. The number of halogens is 2. The predicted octanol–water partition coefficient (Wildman–Crippen LogP) is 3.42. The average Bonchev–Trinajstić information content (AvgIpc) is 2.72. The number of aliphatic imine (C=N–C) groups is 1. The van der Waals surface area contributed by atoms with Crippen LogP contribution in [0.1, 0.15) is 11.1 Å². The zero-order chi connectivity index (χ0) is 20.4. The highest BCUT2D eigenvalue weighted by Crippen LogP contribution is 2.34. The third kappa shape index (κ3) is 7.60. The lowest BCUT2D eigenvalue weighted by Gasteiger charge is -2.16. The molecule has 0 aromatic heterocycles. The number of nitrogens with one attached hydrogen (secondary N) is 2. The van der Waals surface area contributed by atoms with Crippen molar-refractivity contribution in [1.29, 1.82) is 0 Å². The molecule has 6 nitrogen and oxygen atoms in total. The monoisotopic (exact) mass is 517 g/mol. The first-order chi connectivity index (χ1) is 13.6. The van der Waals surface area contributed by atoms with Crippen LogP contribution in [0.3, 0.4) is 0 Å². The van der Waals surface area contributed by atoms with Crippen molar-refractivity contribution in [2.24, 2.45) is 4.99 Å².